The molecule has 1 aliphatic heterocycles. The summed E-state index contributed by atoms with van der Waals surface area (Å²) in [7, 11) is 0. The summed E-state index contributed by atoms with van der Waals surface area (Å²) in [5.41, 5.74) is 1.14. The van der Waals surface area contributed by atoms with Gasteiger partial charge >= 0.3 is 0 Å². The summed E-state index contributed by atoms with van der Waals surface area (Å²) >= 11 is 0. The molecule has 0 spiro atoms. The number of H-pyrrole nitrogens is 1. The van der Waals surface area contributed by atoms with E-state index in [0.29, 0.717) is 5.92 Å². The molecule has 0 aromatic carbocycles. The number of nitrogens with zero attached hydrogens (tertiary/aromatic N) is 1. The standard InChI is InChI=1S/C10H17N3O/c1-2-9(7-14-3-1)4-11-5-10-6-12-8-13-10/h6,8-9,11H,1-5,7H2,(H,12,13). The van der Waals surface area contributed by atoms with E-state index in [2.05, 4.69) is 15.3 Å². The van der Waals surface area contributed by atoms with Crippen LogP contribution in [0.25, 0.3) is 0 Å². The fourth-order valence-corrected chi connectivity index (χ4v) is 1.76. The van der Waals surface area contributed by atoms with E-state index in [1.54, 1.807) is 6.33 Å². The molecule has 1 aromatic heterocycles. The Morgan fingerprint density at radius 3 is 3.36 bits per heavy atom. The molecule has 2 rings (SSSR count). The quantitative estimate of drug-likeness (QED) is 0.751. The molecule has 2 N–H and O–H groups in total. The molecule has 14 heavy (non-hydrogen) atoms. The maximum absolute atomic E-state index is 5.41. The molecule has 4 heteroatoms. The minimum absolute atomic E-state index is 0.687. The normalized spacial score (nSPS) is 22.4. The van der Waals surface area contributed by atoms with E-state index in [9.17, 15) is 0 Å². The molecule has 1 atom stereocenters. The second-order valence-electron chi connectivity index (χ2n) is 3.79. The van der Waals surface area contributed by atoms with Crippen molar-refractivity contribution in [2.45, 2.75) is 19.4 Å². The number of ether oxygens (including phenoxy) is 1. The molecule has 1 aromatic rings. The third-order valence-electron chi connectivity index (χ3n) is 2.56. The van der Waals surface area contributed by atoms with Gasteiger partial charge in [-0.3, -0.25) is 0 Å². The zero-order chi connectivity index (χ0) is 9.64. The van der Waals surface area contributed by atoms with E-state index >= 15 is 0 Å². The Labute approximate surface area is 84.1 Å². The average molecular weight is 195 g/mol. The molecule has 1 aliphatic rings. The number of imidazole rings is 1. The highest BCUT2D eigenvalue weighted by Gasteiger charge is 2.12. The summed E-state index contributed by atoms with van der Waals surface area (Å²) in [5, 5.41) is 3.41. The Balaban J connectivity index is 1.62. The molecule has 1 unspecified atom stereocenters. The Hall–Kier alpha value is -0.870. The number of aromatic amines is 1. The number of nitrogens with one attached hydrogen (secondary N) is 2. The van der Waals surface area contributed by atoms with Crippen LogP contribution in [0, 0.1) is 5.92 Å². The predicted octanol–water partition coefficient (Wildman–Crippen LogP) is 0.926. The predicted molar refractivity (Wildman–Crippen MR) is 53.8 cm³/mol. The van der Waals surface area contributed by atoms with Gasteiger partial charge < -0.3 is 15.0 Å². The summed E-state index contributed by atoms with van der Waals surface area (Å²) in [6.07, 6.45) is 6.05. The molecule has 1 fully saturated rings. The summed E-state index contributed by atoms with van der Waals surface area (Å²) in [6.45, 7) is 3.77. The van der Waals surface area contributed by atoms with Crippen molar-refractivity contribution in [3.05, 3.63) is 18.2 Å². The van der Waals surface area contributed by atoms with Crippen molar-refractivity contribution in [1.29, 1.82) is 0 Å². The second-order valence-corrected chi connectivity index (χ2v) is 3.79. The third kappa shape index (κ3) is 2.82. The lowest BCUT2D eigenvalue weighted by Gasteiger charge is -2.22. The van der Waals surface area contributed by atoms with Crippen LogP contribution in [0.2, 0.25) is 0 Å². The first-order chi connectivity index (χ1) is 6.95. The van der Waals surface area contributed by atoms with E-state index in [1.165, 1.54) is 12.8 Å². The molecule has 0 aliphatic carbocycles. The van der Waals surface area contributed by atoms with Crippen LogP contribution in [0.5, 0.6) is 0 Å². The van der Waals surface area contributed by atoms with Crippen molar-refractivity contribution in [2.24, 2.45) is 5.92 Å². The van der Waals surface area contributed by atoms with Crippen LogP contribution in [0.15, 0.2) is 12.5 Å². The van der Waals surface area contributed by atoms with Crippen molar-refractivity contribution < 1.29 is 4.74 Å². The molecular weight excluding hydrogens is 178 g/mol. The summed E-state index contributed by atoms with van der Waals surface area (Å²) < 4.78 is 5.41. The van der Waals surface area contributed by atoms with Crippen LogP contribution < -0.4 is 5.32 Å². The molecular formula is C10H17N3O. The smallest absolute Gasteiger partial charge is 0.0922 e. The number of rotatable bonds is 4. The Bertz CT molecular complexity index is 242. The molecule has 78 valence electrons. The first-order valence-electron chi connectivity index (χ1n) is 5.21. The fourth-order valence-electron chi connectivity index (χ4n) is 1.76. The van der Waals surface area contributed by atoms with Crippen molar-refractivity contribution >= 4 is 0 Å². The van der Waals surface area contributed by atoms with E-state index in [-0.39, 0.29) is 0 Å². The molecule has 4 nitrogen and oxygen atoms in total. The highest BCUT2D eigenvalue weighted by molar-refractivity contribution is 4.93. The van der Waals surface area contributed by atoms with Crippen LogP contribution in [0.4, 0.5) is 0 Å². The highest BCUT2D eigenvalue weighted by Crippen LogP contribution is 2.12. The van der Waals surface area contributed by atoms with E-state index in [1.807, 2.05) is 6.20 Å². The van der Waals surface area contributed by atoms with Gasteiger partial charge in [0.1, 0.15) is 0 Å². The van der Waals surface area contributed by atoms with Crippen LogP contribution >= 0.6 is 0 Å². The van der Waals surface area contributed by atoms with Gasteiger partial charge in [-0.15, -0.1) is 0 Å². The number of hydrogen-bond donors (Lipinski definition) is 2. The zero-order valence-electron chi connectivity index (χ0n) is 8.33. The lowest BCUT2D eigenvalue weighted by atomic mass is 10.0. The SMILES string of the molecule is c1ncc(CNCC2CCCOC2)[nH]1. The van der Waals surface area contributed by atoms with Crippen LogP contribution in [-0.4, -0.2) is 29.7 Å². The number of hydrogen-bond acceptors (Lipinski definition) is 3. The second kappa shape index (κ2) is 5.12. The molecule has 0 saturated carbocycles. The van der Waals surface area contributed by atoms with Gasteiger partial charge in [0.15, 0.2) is 0 Å². The van der Waals surface area contributed by atoms with Crippen molar-refractivity contribution in [3.63, 3.8) is 0 Å². The van der Waals surface area contributed by atoms with E-state index in [0.717, 1.165) is 32.0 Å². The first-order valence-corrected chi connectivity index (χ1v) is 5.21. The van der Waals surface area contributed by atoms with E-state index < -0.39 is 0 Å². The van der Waals surface area contributed by atoms with Gasteiger partial charge in [-0.25, -0.2) is 4.98 Å². The fraction of sp³-hybridized carbons (Fsp3) is 0.700. The molecule has 1 saturated heterocycles. The van der Waals surface area contributed by atoms with Crippen molar-refractivity contribution in [1.82, 2.24) is 15.3 Å². The topological polar surface area (TPSA) is 49.9 Å². The van der Waals surface area contributed by atoms with Gasteiger partial charge in [0.2, 0.25) is 0 Å². The lowest BCUT2D eigenvalue weighted by Crippen LogP contribution is -2.28. The zero-order valence-corrected chi connectivity index (χ0v) is 8.33. The molecule has 0 radical (unpaired) electrons. The highest BCUT2D eigenvalue weighted by atomic mass is 16.5. The van der Waals surface area contributed by atoms with Crippen LogP contribution in [0.1, 0.15) is 18.5 Å². The number of aromatic nitrogens is 2. The minimum atomic E-state index is 0.687. The summed E-state index contributed by atoms with van der Waals surface area (Å²) in [4.78, 5) is 7.04. The van der Waals surface area contributed by atoms with Gasteiger partial charge in [-0.05, 0) is 18.8 Å². The molecule has 2 heterocycles. The van der Waals surface area contributed by atoms with Crippen LogP contribution in [-0.2, 0) is 11.3 Å². The molecule has 0 bridgehead atoms. The first kappa shape index (κ1) is 9.68. The maximum Gasteiger partial charge on any atom is 0.0922 e. The van der Waals surface area contributed by atoms with Gasteiger partial charge in [-0.2, -0.15) is 0 Å². The summed E-state index contributed by atoms with van der Waals surface area (Å²) in [6, 6.07) is 0. The van der Waals surface area contributed by atoms with Crippen molar-refractivity contribution in [3.8, 4) is 0 Å². The van der Waals surface area contributed by atoms with Gasteiger partial charge in [0, 0.05) is 31.6 Å². The van der Waals surface area contributed by atoms with Gasteiger partial charge in [0.05, 0.1) is 12.9 Å². The lowest BCUT2D eigenvalue weighted by molar-refractivity contribution is 0.0547. The molecule has 0 amide bonds. The van der Waals surface area contributed by atoms with Crippen LogP contribution in [0.3, 0.4) is 0 Å². The van der Waals surface area contributed by atoms with Crippen molar-refractivity contribution in [2.75, 3.05) is 19.8 Å². The Morgan fingerprint density at radius 2 is 2.64 bits per heavy atom. The Morgan fingerprint density at radius 1 is 1.64 bits per heavy atom. The van der Waals surface area contributed by atoms with Gasteiger partial charge in [0.25, 0.3) is 0 Å². The largest absolute Gasteiger partial charge is 0.381 e. The Kier molecular flexibility index (Phi) is 3.54. The van der Waals surface area contributed by atoms with E-state index in [4.69, 9.17) is 4.74 Å². The monoisotopic (exact) mass is 195 g/mol. The minimum Gasteiger partial charge on any atom is -0.381 e. The van der Waals surface area contributed by atoms with Gasteiger partial charge in [-0.1, -0.05) is 0 Å². The maximum atomic E-state index is 5.41. The summed E-state index contributed by atoms with van der Waals surface area (Å²) in [5.74, 6) is 0.687. The third-order valence-corrected chi connectivity index (χ3v) is 2.56. The average Bonchev–Trinajstić information content (AvgIpc) is 2.72.